The predicted molar refractivity (Wildman–Crippen MR) is 51.6 cm³/mol. The van der Waals surface area contributed by atoms with Crippen LogP contribution < -0.4 is 4.90 Å². The lowest BCUT2D eigenvalue weighted by molar-refractivity contribution is 0.0256. The third-order valence-electron chi connectivity index (χ3n) is 2.02. The second-order valence-electron chi connectivity index (χ2n) is 3.20. The predicted octanol–water partition coefficient (Wildman–Crippen LogP) is 2.02. The monoisotopic (exact) mass is 254 g/mol. The zero-order valence-electron chi connectivity index (χ0n) is 7.42. The number of hydrogen-bond donors (Lipinski definition) is 0. The van der Waals surface area contributed by atoms with Crippen molar-refractivity contribution >= 4 is 29.2 Å². The molecule has 2 heterocycles. The molecule has 0 bridgehead atoms. The topological polar surface area (TPSA) is 41.9 Å². The van der Waals surface area contributed by atoms with Crippen molar-refractivity contribution in [2.45, 2.75) is 12.3 Å². The lowest BCUT2D eigenvalue weighted by atomic mass is 10.3. The SMILES string of the molecule is FC1(F)CCN(c2nc(Cl)nc(Cl)n2)C1. The van der Waals surface area contributed by atoms with Gasteiger partial charge in [0.1, 0.15) is 0 Å². The van der Waals surface area contributed by atoms with E-state index in [1.165, 1.54) is 4.90 Å². The summed E-state index contributed by atoms with van der Waals surface area (Å²) in [6.45, 7) is -0.229. The maximum absolute atomic E-state index is 12.9. The summed E-state index contributed by atoms with van der Waals surface area (Å²) < 4.78 is 25.8. The molecule has 15 heavy (non-hydrogen) atoms. The Labute approximate surface area is 94.2 Å². The van der Waals surface area contributed by atoms with Crippen molar-refractivity contribution in [1.82, 2.24) is 15.0 Å². The maximum atomic E-state index is 12.9. The van der Waals surface area contributed by atoms with Crippen LogP contribution in [0.25, 0.3) is 0 Å². The van der Waals surface area contributed by atoms with E-state index in [2.05, 4.69) is 15.0 Å². The molecule has 1 saturated heterocycles. The normalized spacial score (nSPS) is 19.6. The molecule has 0 spiro atoms. The van der Waals surface area contributed by atoms with Crippen LogP contribution in [0.2, 0.25) is 10.6 Å². The van der Waals surface area contributed by atoms with Crippen molar-refractivity contribution in [3.63, 3.8) is 0 Å². The van der Waals surface area contributed by atoms with Gasteiger partial charge in [0.15, 0.2) is 0 Å². The average molecular weight is 255 g/mol. The van der Waals surface area contributed by atoms with E-state index in [1.54, 1.807) is 0 Å². The maximum Gasteiger partial charge on any atom is 0.267 e. The highest BCUT2D eigenvalue weighted by molar-refractivity contribution is 6.31. The smallest absolute Gasteiger partial charge is 0.267 e. The van der Waals surface area contributed by atoms with Crippen molar-refractivity contribution in [3.8, 4) is 0 Å². The standard InChI is InChI=1S/C7H6Cl2F2N4/c8-4-12-5(9)14-6(13-4)15-2-1-7(10,11)3-15/h1-3H2. The van der Waals surface area contributed by atoms with Gasteiger partial charge in [0.2, 0.25) is 16.5 Å². The Morgan fingerprint density at radius 2 is 1.73 bits per heavy atom. The van der Waals surface area contributed by atoms with Crippen LogP contribution in [-0.2, 0) is 0 Å². The van der Waals surface area contributed by atoms with Gasteiger partial charge in [-0.1, -0.05) is 0 Å². The van der Waals surface area contributed by atoms with Crippen LogP contribution in [0.1, 0.15) is 6.42 Å². The van der Waals surface area contributed by atoms with Crippen LogP contribution in [0.5, 0.6) is 0 Å². The molecule has 0 N–H and O–H groups in total. The quantitative estimate of drug-likeness (QED) is 0.769. The molecule has 8 heteroatoms. The molecule has 82 valence electrons. The minimum atomic E-state index is -2.70. The van der Waals surface area contributed by atoms with Crippen LogP contribution in [0.15, 0.2) is 0 Å². The van der Waals surface area contributed by atoms with Gasteiger partial charge in [-0.3, -0.25) is 0 Å². The van der Waals surface area contributed by atoms with Gasteiger partial charge in [-0.25, -0.2) is 8.78 Å². The molecule has 0 amide bonds. The molecule has 0 radical (unpaired) electrons. The zero-order chi connectivity index (χ0) is 11.1. The Morgan fingerprint density at radius 3 is 2.20 bits per heavy atom. The van der Waals surface area contributed by atoms with Crippen LogP contribution in [0.4, 0.5) is 14.7 Å². The molecular formula is C7H6Cl2F2N4. The van der Waals surface area contributed by atoms with Gasteiger partial charge in [0, 0.05) is 13.0 Å². The summed E-state index contributed by atoms with van der Waals surface area (Å²) in [5.74, 6) is -2.61. The highest BCUT2D eigenvalue weighted by atomic mass is 35.5. The number of hydrogen-bond acceptors (Lipinski definition) is 4. The number of halogens is 4. The molecule has 1 fully saturated rings. The fourth-order valence-corrected chi connectivity index (χ4v) is 1.72. The van der Waals surface area contributed by atoms with Crippen molar-refractivity contribution < 1.29 is 8.78 Å². The first-order valence-corrected chi connectivity index (χ1v) is 4.92. The summed E-state index contributed by atoms with van der Waals surface area (Å²) >= 11 is 11.1. The van der Waals surface area contributed by atoms with E-state index in [1.807, 2.05) is 0 Å². The number of alkyl halides is 2. The molecular weight excluding hydrogens is 249 g/mol. The highest BCUT2D eigenvalue weighted by Crippen LogP contribution is 2.29. The van der Waals surface area contributed by atoms with Gasteiger partial charge in [-0.05, 0) is 23.2 Å². The highest BCUT2D eigenvalue weighted by Gasteiger charge is 2.39. The van der Waals surface area contributed by atoms with Gasteiger partial charge in [-0.2, -0.15) is 15.0 Å². The molecule has 0 aromatic carbocycles. The van der Waals surface area contributed by atoms with Crippen LogP contribution >= 0.6 is 23.2 Å². The van der Waals surface area contributed by atoms with Crippen LogP contribution in [0.3, 0.4) is 0 Å². The molecule has 0 saturated carbocycles. The van der Waals surface area contributed by atoms with E-state index in [0.717, 1.165) is 0 Å². The number of aromatic nitrogens is 3. The minimum absolute atomic E-state index is 0.0946. The molecule has 0 atom stereocenters. The second kappa shape index (κ2) is 3.68. The average Bonchev–Trinajstić information content (AvgIpc) is 2.44. The Morgan fingerprint density at radius 1 is 1.13 bits per heavy atom. The fraction of sp³-hybridized carbons (Fsp3) is 0.571. The van der Waals surface area contributed by atoms with E-state index in [0.29, 0.717) is 0 Å². The minimum Gasteiger partial charge on any atom is -0.334 e. The van der Waals surface area contributed by atoms with Gasteiger partial charge in [0.25, 0.3) is 5.92 Å². The van der Waals surface area contributed by atoms with Gasteiger partial charge in [-0.15, -0.1) is 0 Å². The number of rotatable bonds is 1. The second-order valence-corrected chi connectivity index (χ2v) is 3.88. The molecule has 1 aliphatic heterocycles. The van der Waals surface area contributed by atoms with Crippen molar-refractivity contribution in [3.05, 3.63) is 10.6 Å². The van der Waals surface area contributed by atoms with Gasteiger partial charge in [0.05, 0.1) is 6.54 Å². The van der Waals surface area contributed by atoms with Crippen molar-refractivity contribution in [2.24, 2.45) is 0 Å². The molecule has 1 aliphatic rings. The Balaban J connectivity index is 2.24. The number of anilines is 1. The zero-order valence-corrected chi connectivity index (χ0v) is 8.93. The summed E-state index contributed by atoms with van der Waals surface area (Å²) in [5, 5.41) is -0.194. The van der Waals surface area contributed by atoms with Crippen molar-refractivity contribution in [1.29, 1.82) is 0 Å². The summed E-state index contributed by atoms with van der Waals surface area (Å²) in [4.78, 5) is 12.3. The van der Waals surface area contributed by atoms with Crippen LogP contribution in [0, 0.1) is 0 Å². The van der Waals surface area contributed by atoms with E-state index in [4.69, 9.17) is 23.2 Å². The molecule has 4 nitrogen and oxygen atoms in total. The molecule has 0 unspecified atom stereocenters. The summed E-state index contributed by atoms with van der Waals surface area (Å²) in [7, 11) is 0. The first-order valence-electron chi connectivity index (χ1n) is 4.16. The summed E-state index contributed by atoms with van der Waals surface area (Å²) in [6.07, 6.45) is -0.214. The van der Waals surface area contributed by atoms with Gasteiger partial charge < -0.3 is 4.90 Å². The molecule has 1 aromatic rings. The first kappa shape index (κ1) is 10.8. The van der Waals surface area contributed by atoms with Crippen molar-refractivity contribution in [2.75, 3.05) is 18.0 Å². The van der Waals surface area contributed by atoms with Gasteiger partial charge >= 0.3 is 0 Å². The Bertz CT molecular complexity index is 367. The van der Waals surface area contributed by atoms with Crippen LogP contribution in [-0.4, -0.2) is 34.0 Å². The van der Waals surface area contributed by atoms with E-state index >= 15 is 0 Å². The summed E-state index contributed by atoms with van der Waals surface area (Å²) in [6, 6.07) is 0. The lowest BCUT2D eigenvalue weighted by Crippen LogP contribution is -2.26. The van der Waals surface area contributed by atoms with E-state index in [-0.39, 0.29) is 29.5 Å². The lowest BCUT2D eigenvalue weighted by Gasteiger charge is -2.15. The largest absolute Gasteiger partial charge is 0.334 e. The summed E-state index contributed by atoms with van der Waals surface area (Å²) in [5.41, 5.74) is 0. The molecule has 0 aliphatic carbocycles. The molecule has 2 rings (SSSR count). The van der Waals surface area contributed by atoms with E-state index in [9.17, 15) is 8.78 Å². The Kier molecular flexibility index (Phi) is 2.64. The first-order chi connectivity index (χ1) is 6.96. The number of nitrogens with zero attached hydrogens (tertiary/aromatic N) is 4. The Hall–Kier alpha value is -0.750. The van der Waals surface area contributed by atoms with E-state index < -0.39 is 12.5 Å². The third-order valence-corrected chi connectivity index (χ3v) is 2.36. The third kappa shape index (κ3) is 2.43. The molecule has 1 aromatic heterocycles. The fourth-order valence-electron chi connectivity index (χ4n) is 1.36.